The monoisotopic (exact) mass is 392 g/mol. The Morgan fingerprint density at radius 2 is 1.70 bits per heavy atom. The van der Waals surface area contributed by atoms with Gasteiger partial charge in [-0.25, -0.2) is 4.98 Å². The SMILES string of the molecule is O[C@H](c1nccs1)[C@H](Cc1ccc(C(F)(F)F)cc1)NCc1ccccc1. The quantitative estimate of drug-likeness (QED) is 0.618. The van der Waals surface area contributed by atoms with Crippen molar-refractivity contribution >= 4 is 11.3 Å². The molecule has 0 fully saturated rings. The average molecular weight is 392 g/mol. The molecular formula is C20H19F3N2OS. The van der Waals surface area contributed by atoms with E-state index in [0.717, 1.165) is 17.7 Å². The minimum Gasteiger partial charge on any atom is -0.384 e. The molecule has 2 atom stereocenters. The molecule has 0 aliphatic carbocycles. The fraction of sp³-hybridized carbons (Fsp3) is 0.250. The van der Waals surface area contributed by atoms with Gasteiger partial charge >= 0.3 is 6.18 Å². The van der Waals surface area contributed by atoms with Gasteiger partial charge in [0, 0.05) is 24.2 Å². The van der Waals surface area contributed by atoms with Crippen molar-refractivity contribution in [2.24, 2.45) is 0 Å². The summed E-state index contributed by atoms with van der Waals surface area (Å²) < 4.78 is 38.2. The molecular weight excluding hydrogens is 373 g/mol. The molecule has 2 N–H and O–H groups in total. The molecule has 142 valence electrons. The fourth-order valence-electron chi connectivity index (χ4n) is 2.78. The highest BCUT2D eigenvalue weighted by molar-refractivity contribution is 7.09. The molecule has 3 nitrogen and oxygen atoms in total. The highest BCUT2D eigenvalue weighted by atomic mass is 32.1. The molecule has 0 bridgehead atoms. The summed E-state index contributed by atoms with van der Waals surface area (Å²) in [5, 5.41) is 16.4. The lowest BCUT2D eigenvalue weighted by molar-refractivity contribution is -0.137. The lowest BCUT2D eigenvalue weighted by Crippen LogP contribution is -2.36. The van der Waals surface area contributed by atoms with E-state index in [1.165, 1.54) is 23.5 Å². The molecule has 2 aromatic carbocycles. The van der Waals surface area contributed by atoms with Gasteiger partial charge in [0.05, 0.1) is 5.56 Å². The van der Waals surface area contributed by atoms with Gasteiger partial charge in [-0.05, 0) is 29.7 Å². The van der Waals surface area contributed by atoms with Gasteiger partial charge in [0.1, 0.15) is 11.1 Å². The Bertz CT molecular complexity index is 821. The summed E-state index contributed by atoms with van der Waals surface area (Å²) in [6.07, 6.45) is -3.21. The van der Waals surface area contributed by atoms with E-state index >= 15 is 0 Å². The maximum absolute atomic E-state index is 12.7. The van der Waals surface area contributed by atoms with E-state index in [4.69, 9.17) is 0 Å². The third kappa shape index (κ3) is 5.38. The Morgan fingerprint density at radius 1 is 1.00 bits per heavy atom. The van der Waals surface area contributed by atoms with Crippen LogP contribution in [0, 0.1) is 0 Å². The van der Waals surface area contributed by atoms with Crippen LogP contribution >= 0.6 is 11.3 Å². The number of thiazole rings is 1. The van der Waals surface area contributed by atoms with E-state index in [1.54, 1.807) is 11.6 Å². The number of hydrogen-bond donors (Lipinski definition) is 2. The van der Waals surface area contributed by atoms with Gasteiger partial charge in [0.25, 0.3) is 0 Å². The first-order chi connectivity index (χ1) is 12.9. The number of aliphatic hydroxyl groups excluding tert-OH is 1. The molecule has 0 amide bonds. The van der Waals surface area contributed by atoms with Crippen LogP contribution in [0.15, 0.2) is 66.2 Å². The number of alkyl halides is 3. The predicted molar refractivity (Wildman–Crippen MR) is 99.3 cm³/mol. The zero-order valence-corrected chi connectivity index (χ0v) is 15.2. The minimum atomic E-state index is -4.36. The van der Waals surface area contributed by atoms with Gasteiger partial charge in [0.15, 0.2) is 0 Å². The number of aromatic nitrogens is 1. The van der Waals surface area contributed by atoms with Crippen molar-refractivity contribution in [1.82, 2.24) is 10.3 Å². The third-order valence-electron chi connectivity index (χ3n) is 4.23. The molecule has 0 aliphatic heterocycles. The normalized spacial score (nSPS) is 14.1. The van der Waals surface area contributed by atoms with Gasteiger partial charge in [0.2, 0.25) is 0 Å². The standard InChI is InChI=1S/C20H19F3N2OS/c21-20(22,23)16-8-6-14(7-9-16)12-17(18(26)19-24-10-11-27-19)25-13-15-4-2-1-3-5-15/h1-11,17-18,25-26H,12-13H2/t17-,18-/m0/s1. The van der Waals surface area contributed by atoms with E-state index in [9.17, 15) is 18.3 Å². The van der Waals surface area contributed by atoms with Crippen molar-refractivity contribution in [3.05, 3.63) is 87.9 Å². The number of nitrogens with one attached hydrogen (secondary N) is 1. The molecule has 0 saturated heterocycles. The molecule has 3 aromatic rings. The van der Waals surface area contributed by atoms with E-state index in [1.807, 2.05) is 30.3 Å². The van der Waals surface area contributed by atoms with Gasteiger partial charge in [-0.15, -0.1) is 11.3 Å². The Hall–Kier alpha value is -2.22. The molecule has 27 heavy (non-hydrogen) atoms. The van der Waals surface area contributed by atoms with Crippen molar-refractivity contribution in [3.63, 3.8) is 0 Å². The van der Waals surface area contributed by atoms with Crippen LogP contribution in [0.1, 0.15) is 27.8 Å². The summed E-state index contributed by atoms with van der Waals surface area (Å²) in [5.41, 5.74) is 1.09. The lowest BCUT2D eigenvalue weighted by Gasteiger charge is -2.23. The Balaban J connectivity index is 1.74. The first-order valence-electron chi connectivity index (χ1n) is 8.44. The predicted octanol–water partition coefficient (Wildman–Crippen LogP) is 4.60. The first kappa shape index (κ1) is 19.5. The largest absolute Gasteiger partial charge is 0.416 e. The van der Waals surface area contributed by atoms with Crippen molar-refractivity contribution in [2.75, 3.05) is 0 Å². The summed E-state index contributed by atoms with van der Waals surface area (Å²) in [7, 11) is 0. The van der Waals surface area contributed by atoms with Crippen LogP contribution in [0.4, 0.5) is 13.2 Å². The van der Waals surface area contributed by atoms with Crippen molar-refractivity contribution in [3.8, 4) is 0 Å². The maximum atomic E-state index is 12.7. The molecule has 1 aromatic heterocycles. The second kappa shape index (κ2) is 8.65. The minimum absolute atomic E-state index is 0.381. The number of nitrogens with zero attached hydrogens (tertiary/aromatic N) is 1. The van der Waals surface area contributed by atoms with Crippen LogP contribution < -0.4 is 5.32 Å². The van der Waals surface area contributed by atoms with E-state index < -0.39 is 17.8 Å². The summed E-state index contributed by atoms with van der Waals surface area (Å²) >= 11 is 1.35. The number of hydrogen-bond acceptors (Lipinski definition) is 4. The Labute approximate surface area is 159 Å². The molecule has 3 rings (SSSR count). The smallest absolute Gasteiger partial charge is 0.384 e. The Kier molecular flexibility index (Phi) is 6.26. The van der Waals surface area contributed by atoms with Crippen LogP contribution in [-0.4, -0.2) is 16.1 Å². The molecule has 0 unspecified atom stereocenters. The van der Waals surface area contributed by atoms with Gasteiger partial charge in [-0.3, -0.25) is 0 Å². The van der Waals surface area contributed by atoms with E-state index in [-0.39, 0.29) is 6.04 Å². The van der Waals surface area contributed by atoms with E-state index in [0.29, 0.717) is 23.5 Å². The fourth-order valence-corrected chi connectivity index (χ4v) is 3.46. The van der Waals surface area contributed by atoms with Gasteiger partial charge in [-0.2, -0.15) is 13.2 Å². The molecule has 0 radical (unpaired) electrons. The van der Waals surface area contributed by atoms with Crippen LogP contribution in [0.5, 0.6) is 0 Å². The molecule has 7 heteroatoms. The summed E-state index contributed by atoms with van der Waals surface area (Å²) in [4.78, 5) is 4.16. The zero-order valence-electron chi connectivity index (χ0n) is 14.4. The van der Waals surface area contributed by atoms with Crippen LogP contribution in [0.2, 0.25) is 0 Å². The van der Waals surface area contributed by atoms with E-state index in [2.05, 4.69) is 10.3 Å². The van der Waals surface area contributed by atoms with Crippen LogP contribution in [0.25, 0.3) is 0 Å². The number of halogens is 3. The summed E-state index contributed by atoms with van der Waals surface area (Å²) in [6, 6.07) is 14.4. The average Bonchev–Trinajstić information content (AvgIpc) is 3.20. The molecule has 0 aliphatic rings. The highest BCUT2D eigenvalue weighted by Gasteiger charge is 2.30. The van der Waals surface area contributed by atoms with Crippen molar-refractivity contribution in [2.45, 2.75) is 31.3 Å². The lowest BCUT2D eigenvalue weighted by atomic mass is 9.99. The summed E-state index contributed by atoms with van der Waals surface area (Å²) in [5.74, 6) is 0. The van der Waals surface area contributed by atoms with Crippen LogP contribution in [0.3, 0.4) is 0 Å². The van der Waals surface area contributed by atoms with Crippen molar-refractivity contribution < 1.29 is 18.3 Å². The first-order valence-corrected chi connectivity index (χ1v) is 9.32. The van der Waals surface area contributed by atoms with Gasteiger partial charge < -0.3 is 10.4 Å². The second-order valence-electron chi connectivity index (χ2n) is 6.19. The second-order valence-corrected chi connectivity index (χ2v) is 7.11. The molecule has 1 heterocycles. The molecule has 0 saturated carbocycles. The van der Waals surface area contributed by atoms with Crippen LogP contribution in [-0.2, 0) is 19.1 Å². The van der Waals surface area contributed by atoms with Crippen molar-refractivity contribution in [1.29, 1.82) is 0 Å². The number of rotatable bonds is 7. The number of aliphatic hydroxyl groups is 1. The maximum Gasteiger partial charge on any atom is 0.416 e. The topological polar surface area (TPSA) is 45.2 Å². The Morgan fingerprint density at radius 3 is 2.30 bits per heavy atom. The number of benzene rings is 2. The zero-order chi connectivity index (χ0) is 19.3. The van der Waals surface area contributed by atoms with Gasteiger partial charge in [-0.1, -0.05) is 42.5 Å². The molecule has 0 spiro atoms. The highest BCUT2D eigenvalue weighted by Crippen LogP contribution is 2.30. The summed E-state index contributed by atoms with van der Waals surface area (Å²) in [6.45, 7) is 0.536. The third-order valence-corrected chi connectivity index (χ3v) is 5.08.